The Morgan fingerprint density at radius 2 is 0.983 bits per heavy atom. The van der Waals surface area contributed by atoms with Gasteiger partial charge < -0.3 is 89.9 Å². The molecule has 3 fully saturated rings. The van der Waals surface area contributed by atoms with E-state index < -0.39 is 124 Å². The molecule has 58 heavy (non-hydrogen) atoms. The van der Waals surface area contributed by atoms with E-state index in [-0.39, 0.29) is 18.9 Å². The molecule has 19 heteroatoms. The topological polar surface area (TPSA) is 307 Å². The van der Waals surface area contributed by atoms with E-state index >= 15 is 0 Å². The smallest absolute Gasteiger partial charge is 0.220 e. The van der Waals surface area contributed by atoms with Crippen LogP contribution in [-0.2, 0) is 33.2 Å². The zero-order valence-electron chi connectivity index (χ0n) is 34.0. The lowest BCUT2D eigenvalue weighted by Gasteiger charge is -2.48. The summed E-state index contributed by atoms with van der Waals surface area (Å²) in [7, 11) is 0. The van der Waals surface area contributed by atoms with Gasteiger partial charge in [-0.15, -0.1) is 0 Å². The second-order valence-electron chi connectivity index (χ2n) is 15.8. The van der Waals surface area contributed by atoms with Gasteiger partial charge in [0, 0.05) is 6.42 Å². The lowest BCUT2D eigenvalue weighted by molar-refractivity contribution is -0.379. The highest BCUT2D eigenvalue weighted by atomic mass is 16.8. The molecular weight excluding hydrogens is 770 g/mol. The zero-order valence-corrected chi connectivity index (χ0v) is 34.0. The Hall–Kier alpha value is -1.21. The molecule has 0 aromatic heterocycles. The van der Waals surface area contributed by atoms with Crippen molar-refractivity contribution in [3.8, 4) is 0 Å². The number of hydrogen-bond acceptors (Lipinski definition) is 18. The molecule has 0 aromatic carbocycles. The van der Waals surface area contributed by atoms with Gasteiger partial charge in [-0.1, -0.05) is 90.9 Å². The van der Waals surface area contributed by atoms with Crippen molar-refractivity contribution in [2.75, 3.05) is 26.4 Å². The van der Waals surface area contributed by atoms with Crippen LogP contribution in [0.15, 0.2) is 0 Å². The molecule has 0 bridgehead atoms. The highest BCUT2D eigenvalue weighted by Gasteiger charge is 2.53. The monoisotopic (exact) mass is 843 g/mol. The van der Waals surface area contributed by atoms with Crippen molar-refractivity contribution in [1.82, 2.24) is 5.32 Å². The van der Waals surface area contributed by atoms with Crippen LogP contribution < -0.4 is 5.32 Å². The van der Waals surface area contributed by atoms with Gasteiger partial charge in [0.2, 0.25) is 5.91 Å². The Labute approximate surface area is 341 Å². The van der Waals surface area contributed by atoms with Crippen molar-refractivity contribution in [2.45, 2.75) is 214 Å². The largest absolute Gasteiger partial charge is 0.394 e. The summed E-state index contributed by atoms with van der Waals surface area (Å²) in [5.41, 5.74) is 0. The average Bonchev–Trinajstić information content (AvgIpc) is 3.21. The summed E-state index contributed by atoms with van der Waals surface area (Å²) >= 11 is 0. The predicted molar refractivity (Wildman–Crippen MR) is 204 cm³/mol. The van der Waals surface area contributed by atoms with Crippen LogP contribution in [0, 0.1) is 0 Å². The summed E-state index contributed by atoms with van der Waals surface area (Å²) in [5, 5.41) is 118. The molecule has 3 rings (SSSR count). The van der Waals surface area contributed by atoms with E-state index in [1.165, 1.54) is 51.4 Å². The predicted octanol–water partition coefficient (Wildman–Crippen LogP) is -1.81. The van der Waals surface area contributed by atoms with Crippen LogP contribution >= 0.6 is 0 Å². The Morgan fingerprint density at radius 3 is 1.47 bits per heavy atom. The first-order chi connectivity index (χ1) is 27.8. The van der Waals surface area contributed by atoms with Crippen LogP contribution in [0.4, 0.5) is 0 Å². The van der Waals surface area contributed by atoms with E-state index in [1.807, 2.05) is 6.92 Å². The Morgan fingerprint density at radius 1 is 0.552 bits per heavy atom. The molecule has 342 valence electrons. The summed E-state index contributed by atoms with van der Waals surface area (Å²) in [4.78, 5) is 12.5. The van der Waals surface area contributed by atoms with Crippen LogP contribution in [0.2, 0.25) is 0 Å². The number of aliphatic hydroxyl groups is 11. The molecule has 3 aliphatic heterocycles. The summed E-state index contributed by atoms with van der Waals surface area (Å²) < 4.78 is 33.7. The second-order valence-corrected chi connectivity index (χ2v) is 15.8. The van der Waals surface area contributed by atoms with Crippen LogP contribution in [0.3, 0.4) is 0 Å². The molecule has 17 unspecified atom stereocenters. The van der Waals surface area contributed by atoms with Crippen molar-refractivity contribution in [2.24, 2.45) is 0 Å². The van der Waals surface area contributed by atoms with Gasteiger partial charge in [0.25, 0.3) is 0 Å². The number of aliphatic hydroxyl groups excluding tert-OH is 11. The standard InChI is InChI=1S/C39H73NO18/c1-3-5-6-7-8-9-10-11-12-13-14-15-17-23(44)22(40-27(45)16-4-2)21-53-37-33(51)30(48)35(25(19-42)55-37)58-39-34(52)31(49)36(26(20-43)56-39)57-38-32(50)29(47)28(46)24(18-41)54-38/h22-26,28-39,41-44,46-52H,3-21H2,1-2H3,(H,40,45). The molecular formula is C39H73NO18. The van der Waals surface area contributed by atoms with Crippen molar-refractivity contribution < 1.29 is 89.4 Å². The fraction of sp³-hybridized carbons (Fsp3) is 0.974. The van der Waals surface area contributed by atoms with E-state index in [1.54, 1.807) is 0 Å². The van der Waals surface area contributed by atoms with Crippen LogP contribution in [0.5, 0.6) is 0 Å². The van der Waals surface area contributed by atoms with Gasteiger partial charge in [-0.3, -0.25) is 4.79 Å². The van der Waals surface area contributed by atoms with Gasteiger partial charge in [-0.2, -0.15) is 0 Å². The first-order valence-electron chi connectivity index (χ1n) is 21.3. The van der Waals surface area contributed by atoms with E-state index in [0.29, 0.717) is 12.8 Å². The molecule has 1 amide bonds. The molecule has 0 saturated carbocycles. The molecule has 3 heterocycles. The number of unbranched alkanes of at least 4 members (excludes halogenated alkanes) is 11. The van der Waals surface area contributed by atoms with E-state index in [0.717, 1.165) is 25.7 Å². The minimum Gasteiger partial charge on any atom is -0.394 e. The van der Waals surface area contributed by atoms with Crippen LogP contribution in [0.1, 0.15) is 110 Å². The number of carbonyl (C=O) groups is 1. The number of carbonyl (C=O) groups excluding carboxylic acids is 1. The highest BCUT2D eigenvalue weighted by Crippen LogP contribution is 2.33. The third kappa shape index (κ3) is 15.0. The third-order valence-electron chi connectivity index (χ3n) is 11.2. The molecule has 0 radical (unpaired) electrons. The quantitative estimate of drug-likeness (QED) is 0.0406. The van der Waals surface area contributed by atoms with Gasteiger partial charge >= 0.3 is 0 Å². The molecule has 0 aromatic rings. The average molecular weight is 844 g/mol. The van der Waals surface area contributed by atoms with Gasteiger partial charge in [0.1, 0.15) is 73.2 Å². The molecule has 3 aliphatic rings. The van der Waals surface area contributed by atoms with Gasteiger partial charge in [0.15, 0.2) is 18.9 Å². The minimum absolute atomic E-state index is 0.218. The second kappa shape index (κ2) is 27.0. The third-order valence-corrected chi connectivity index (χ3v) is 11.2. The fourth-order valence-electron chi connectivity index (χ4n) is 7.53. The normalized spacial score (nSPS) is 36.7. The van der Waals surface area contributed by atoms with Gasteiger partial charge in [0.05, 0.1) is 38.6 Å². The molecule has 12 N–H and O–H groups in total. The maximum absolute atomic E-state index is 12.5. The van der Waals surface area contributed by atoms with E-state index in [9.17, 15) is 61.0 Å². The van der Waals surface area contributed by atoms with Crippen molar-refractivity contribution in [1.29, 1.82) is 0 Å². The first kappa shape index (κ1) is 51.1. The Bertz CT molecular complexity index is 1110. The molecule has 17 atom stereocenters. The van der Waals surface area contributed by atoms with Gasteiger partial charge in [-0.25, -0.2) is 0 Å². The number of hydrogen-bond donors (Lipinski definition) is 12. The van der Waals surface area contributed by atoms with Crippen LogP contribution in [-0.4, -0.2) is 193 Å². The summed E-state index contributed by atoms with van der Waals surface area (Å²) in [6.07, 6.45) is -11.3. The lowest BCUT2D eigenvalue weighted by Crippen LogP contribution is -2.66. The molecule has 0 spiro atoms. The van der Waals surface area contributed by atoms with Crippen molar-refractivity contribution in [3.63, 3.8) is 0 Å². The summed E-state index contributed by atoms with van der Waals surface area (Å²) in [6.45, 7) is 1.35. The highest BCUT2D eigenvalue weighted by molar-refractivity contribution is 5.76. The Balaban J connectivity index is 1.54. The molecule has 0 aliphatic carbocycles. The lowest BCUT2D eigenvalue weighted by atomic mass is 9.96. The number of nitrogens with one attached hydrogen (secondary N) is 1. The van der Waals surface area contributed by atoms with Gasteiger partial charge in [-0.05, 0) is 12.8 Å². The first-order valence-corrected chi connectivity index (χ1v) is 21.3. The van der Waals surface area contributed by atoms with E-state index in [2.05, 4.69) is 12.2 Å². The summed E-state index contributed by atoms with van der Waals surface area (Å²) in [6, 6.07) is -0.873. The molecule has 3 saturated heterocycles. The van der Waals surface area contributed by atoms with Crippen molar-refractivity contribution >= 4 is 5.91 Å². The number of ether oxygens (including phenoxy) is 6. The fourth-order valence-corrected chi connectivity index (χ4v) is 7.53. The molecule has 19 nitrogen and oxygen atoms in total. The van der Waals surface area contributed by atoms with E-state index in [4.69, 9.17) is 28.4 Å². The van der Waals surface area contributed by atoms with Crippen molar-refractivity contribution in [3.05, 3.63) is 0 Å². The maximum atomic E-state index is 12.5. The summed E-state index contributed by atoms with van der Waals surface area (Å²) in [5.74, 6) is -0.299. The number of rotatable bonds is 27. The zero-order chi connectivity index (χ0) is 42.8. The number of amides is 1. The Kier molecular flexibility index (Phi) is 23.8. The maximum Gasteiger partial charge on any atom is 0.220 e. The minimum atomic E-state index is -1.96. The SMILES string of the molecule is CCCCCCCCCCCCCCC(O)C(COC1OC(CO)C(OC2OC(CO)C(OC3OC(CO)C(O)C(O)C3O)C(O)C2O)C(O)C1O)NC(=O)CCC. The van der Waals surface area contributed by atoms with Crippen LogP contribution in [0.25, 0.3) is 0 Å².